The molecule has 21 rings (SSSR count). The smallest absolute Gasteiger partial charge is 0.105 e. The van der Waals surface area contributed by atoms with Crippen molar-refractivity contribution >= 4 is 0 Å². The summed E-state index contributed by atoms with van der Waals surface area (Å²) in [7, 11) is 0. The maximum absolute atomic E-state index is 4.49. The van der Waals surface area contributed by atoms with Crippen LogP contribution in [0.25, 0.3) is 146 Å². The van der Waals surface area contributed by atoms with Crippen LogP contribution in [0.2, 0.25) is 0 Å². The molecule has 0 aliphatic carbocycles. The van der Waals surface area contributed by atoms with Crippen LogP contribution in [-0.4, -0.2) is 59.8 Å². The molecule has 0 saturated carbocycles. The van der Waals surface area contributed by atoms with Gasteiger partial charge in [-0.05, 0) is 158 Å². The van der Waals surface area contributed by atoms with E-state index in [1.54, 1.807) is 25.3 Å². The number of hydrogen-bond acceptors (Lipinski definition) is 12. The minimum atomic E-state index is 0. The maximum Gasteiger partial charge on any atom is 0.105 e. The Morgan fingerprint density at radius 2 is 0.574 bits per heavy atom. The summed E-state index contributed by atoms with van der Waals surface area (Å²) in [6.07, 6.45) is 18.0. The third-order valence-electron chi connectivity index (χ3n) is 22.8. The molecule has 0 aliphatic rings. The van der Waals surface area contributed by atoms with Crippen molar-refractivity contribution in [2.24, 2.45) is 17.8 Å². The quantitative estimate of drug-likeness (QED) is 0.0629. The van der Waals surface area contributed by atoms with Gasteiger partial charge in [0.25, 0.3) is 0 Å². The molecule has 16 heteroatoms. The van der Waals surface area contributed by atoms with Crippen molar-refractivity contribution < 1.29 is 80.4 Å². The van der Waals surface area contributed by atoms with Gasteiger partial charge in [-0.15, -0.1) is 281 Å². The zero-order valence-electron chi connectivity index (χ0n) is 84.6. The van der Waals surface area contributed by atoms with Crippen molar-refractivity contribution in [1.29, 1.82) is 0 Å². The molecule has 0 N–H and O–H groups in total. The summed E-state index contributed by atoms with van der Waals surface area (Å²) in [6.45, 7) is 21.7. The number of nitrogens with zero attached hydrogens (tertiary/aromatic N) is 12. The summed E-state index contributed by atoms with van der Waals surface area (Å²) in [6, 6.07) is 160. The normalized spacial score (nSPS) is 10.2. The first-order chi connectivity index (χ1) is 70.6. The van der Waals surface area contributed by atoms with Gasteiger partial charge in [0.2, 0.25) is 0 Å². The fraction of sp³-hybridized carbons (Fsp3) is 0.136. The van der Waals surface area contributed by atoms with Gasteiger partial charge >= 0.3 is 0 Å². The molecule has 8 heterocycles. The molecule has 12 nitrogen and oxygen atoms in total. The molecular weight excluding hydrogens is 2520 g/mol. The molecule has 4 radical (unpaired) electrons. The predicted octanol–water partition coefficient (Wildman–Crippen LogP) is 31.9. The summed E-state index contributed by atoms with van der Waals surface area (Å²) in [5, 5.41) is 0. The van der Waals surface area contributed by atoms with E-state index in [1.165, 1.54) is 50.1 Å². The molecule has 0 spiro atoms. The molecular formula is C132H116Ir4N12-8. The molecule has 13 aromatic carbocycles. The van der Waals surface area contributed by atoms with Crippen molar-refractivity contribution in [2.45, 2.75) is 101 Å². The van der Waals surface area contributed by atoms with E-state index in [0.29, 0.717) is 23.7 Å². The third-order valence-corrected chi connectivity index (χ3v) is 22.8. The molecule has 0 aliphatic heterocycles. The molecule has 0 bridgehead atoms. The maximum atomic E-state index is 4.49. The van der Waals surface area contributed by atoms with Crippen LogP contribution >= 0.6 is 0 Å². The molecule has 0 atom stereocenters. The van der Waals surface area contributed by atoms with Crippen LogP contribution < -0.4 is 0 Å². The van der Waals surface area contributed by atoms with Gasteiger partial charge in [-0.1, -0.05) is 285 Å². The first-order valence-corrected chi connectivity index (χ1v) is 48.8. The first kappa shape index (κ1) is 115. The van der Waals surface area contributed by atoms with Crippen molar-refractivity contribution in [3.63, 3.8) is 0 Å². The van der Waals surface area contributed by atoms with E-state index in [-0.39, 0.29) is 80.4 Å². The summed E-state index contributed by atoms with van der Waals surface area (Å²) in [5.74, 6) is 2.33. The van der Waals surface area contributed by atoms with Gasteiger partial charge in [0.15, 0.2) is 0 Å². The van der Waals surface area contributed by atoms with Crippen molar-refractivity contribution in [3.8, 4) is 146 Å². The Morgan fingerprint density at radius 3 is 0.959 bits per heavy atom. The minimum absolute atomic E-state index is 0. The van der Waals surface area contributed by atoms with E-state index in [4.69, 9.17) is 0 Å². The summed E-state index contributed by atoms with van der Waals surface area (Å²) >= 11 is 0. The molecule has 8 aromatic heterocycles. The van der Waals surface area contributed by atoms with Crippen LogP contribution in [0.1, 0.15) is 102 Å². The number of aromatic nitrogens is 12. The first-order valence-electron chi connectivity index (χ1n) is 48.8. The molecule has 148 heavy (non-hydrogen) atoms. The van der Waals surface area contributed by atoms with E-state index in [1.807, 2.05) is 293 Å². The van der Waals surface area contributed by atoms with Crippen molar-refractivity contribution in [2.75, 3.05) is 0 Å². The average Bonchev–Trinajstić information content (AvgIpc) is 0.776. The van der Waals surface area contributed by atoms with Crippen LogP contribution in [0.4, 0.5) is 0 Å². The van der Waals surface area contributed by atoms with Crippen LogP contribution in [0.5, 0.6) is 0 Å². The minimum Gasteiger partial charge on any atom is -0.305 e. The predicted molar refractivity (Wildman–Crippen MR) is 590 cm³/mol. The Kier molecular flexibility index (Phi) is 48.6. The Labute approximate surface area is 929 Å². The Hall–Kier alpha value is -14.6. The van der Waals surface area contributed by atoms with Gasteiger partial charge in [-0.25, -0.2) is 19.9 Å². The monoisotopic (exact) mass is 2640 g/mol. The van der Waals surface area contributed by atoms with Crippen LogP contribution in [0.3, 0.4) is 0 Å². The van der Waals surface area contributed by atoms with Gasteiger partial charge in [0.05, 0.1) is 0 Å². The van der Waals surface area contributed by atoms with Gasteiger partial charge < -0.3 is 19.9 Å². The van der Waals surface area contributed by atoms with Crippen LogP contribution in [-0.2, 0) is 106 Å². The van der Waals surface area contributed by atoms with E-state index >= 15 is 0 Å². The number of aryl methyl sites for hydroxylation is 2. The number of pyridine rings is 4. The zero-order chi connectivity index (χ0) is 100. The second-order valence-electron chi connectivity index (χ2n) is 35.5. The number of hydrogen-bond donors (Lipinski definition) is 0. The van der Waals surface area contributed by atoms with E-state index in [9.17, 15) is 0 Å². The van der Waals surface area contributed by atoms with Crippen molar-refractivity contribution in [1.82, 2.24) is 59.8 Å². The number of rotatable bonds is 21. The van der Waals surface area contributed by atoms with E-state index in [2.05, 4.69) is 310 Å². The van der Waals surface area contributed by atoms with Crippen molar-refractivity contribution in [3.05, 3.63) is 533 Å². The fourth-order valence-corrected chi connectivity index (χ4v) is 15.5. The molecule has 0 amide bonds. The number of benzene rings is 13. The second kappa shape index (κ2) is 62.4. The molecule has 748 valence electrons. The van der Waals surface area contributed by atoms with E-state index in [0.717, 1.165) is 155 Å². The molecule has 0 saturated heterocycles. The Bertz CT molecular complexity index is 7220. The molecule has 21 aromatic rings. The SMILES string of the molecule is CC(C)Cc1cc(-c2[c-]cc(-c3ccccc3)cc2)ncn1.CC(C)Cc1cc(-c2[c-]ccc(-c3ccccc3)c2)ncn1.CC(C)Cc1cc(-c2[c-]cccc2)ncn1.CC(C)c1ccnc(-c2[c-]cccc2)c1.CCc1ccc(-c2[c-]cccc2)nc1.Cc1ncnc(-c2[c-]cccc2)c1-c1ccccc1.[Ir].[Ir].[Ir].[Ir].[c-]1ccccc1-c1cc(-c2ccccc2)ccn1.[c-]1ccccc1-c1ccc(-c2ccccc2)cn1. The van der Waals surface area contributed by atoms with Crippen LogP contribution in [0.15, 0.2) is 450 Å². The Morgan fingerprint density at radius 1 is 0.230 bits per heavy atom. The van der Waals surface area contributed by atoms with Gasteiger partial charge in [-0.2, -0.15) is 0 Å². The largest absolute Gasteiger partial charge is 0.305 e. The van der Waals surface area contributed by atoms with Gasteiger partial charge in [0.1, 0.15) is 25.3 Å². The standard InChI is InChI=1S/2C20H19N2.C17H13N2.2C17H12N.C14H15N2.C14H14N.C13H12N.4Ir/c1-15(2)11-19-13-20(22-14-21-19)18-10-6-9-17(12-18)16-7-4-3-5-8-16;1-15(2)12-19-13-20(22-14-21-19)18-10-8-17(9-11-18)16-6-4-3-5-7-16;1-13-16(14-8-4-2-5-9-14)17(19-12-18-13)15-10-6-3-7-11-15;1-3-7-14(8-4-1)16-11-12-18-17(13-16)15-9-5-2-6-10-15;1-3-7-14(8-4-1)16-11-12-17(18-13-16)15-9-5-2-6-10-15;1-11(2)8-13-9-14(16-10-15-13)12-6-4-3-5-7-12;1-11(2)13-8-9-15-14(10-13)12-6-4-3-5-7-12;1-2-11-8-9-13(14-10-11)12-6-4-3-5-7-12;;;;/h3-9,12-15H,11H2,1-2H3;3-10,13-15H,12H2,1-2H3;2-10,12H,1H3;2*1-9,11-13H;3-6,9-11H,8H2,1-2H3;3-6,8-11H,1-2H3;3-6,8-10H,2H2,1H3;;;;/q8*-1;;;;. The average molecular weight is 2640 g/mol. The third kappa shape index (κ3) is 36.5. The second-order valence-corrected chi connectivity index (χ2v) is 35.5. The van der Waals surface area contributed by atoms with Crippen LogP contribution in [0, 0.1) is 73.2 Å². The Balaban J connectivity index is 0.000000173. The summed E-state index contributed by atoms with van der Waals surface area (Å²) in [4.78, 5) is 52.5. The molecule has 0 fully saturated rings. The molecule has 0 unspecified atom stereocenters. The topological polar surface area (TPSA) is 155 Å². The fourth-order valence-electron chi connectivity index (χ4n) is 15.5. The summed E-state index contributed by atoms with van der Waals surface area (Å²) < 4.78 is 0. The zero-order valence-corrected chi connectivity index (χ0v) is 94.1. The van der Waals surface area contributed by atoms with E-state index < -0.39 is 0 Å². The van der Waals surface area contributed by atoms with Gasteiger partial charge in [-0.3, -0.25) is 19.9 Å². The summed E-state index contributed by atoms with van der Waals surface area (Å²) in [5.41, 5.74) is 34.3. The van der Waals surface area contributed by atoms with Gasteiger partial charge in [0, 0.05) is 128 Å².